The highest BCUT2D eigenvalue weighted by atomic mass is 16.5. The van der Waals surface area contributed by atoms with Crippen LogP contribution in [0.25, 0.3) is 0 Å². The first-order chi connectivity index (χ1) is 8.02. The highest BCUT2D eigenvalue weighted by molar-refractivity contribution is 6.11. The first-order valence-corrected chi connectivity index (χ1v) is 7.69. The minimum Gasteiger partial charge on any atom is -0.380 e. The van der Waals surface area contributed by atoms with E-state index in [2.05, 4.69) is 35.5 Å². The predicted molar refractivity (Wildman–Crippen MR) is 75.9 cm³/mol. The van der Waals surface area contributed by atoms with E-state index in [0.717, 1.165) is 23.7 Å². The van der Waals surface area contributed by atoms with Crippen LogP contribution in [0.15, 0.2) is 0 Å². The second-order valence-electron chi connectivity index (χ2n) is 6.87. The van der Waals surface area contributed by atoms with E-state index in [1.54, 1.807) is 0 Å². The third kappa shape index (κ3) is 2.18. The maximum Gasteiger partial charge on any atom is 0.139 e. The molecule has 1 heterocycles. The molecule has 0 spiro atoms. The van der Waals surface area contributed by atoms with Gasteiger partial charge < -0.3 is 4.74 Å². The zero-order valence-electron chi connectivity index (χ0n) is 12.3. The van der Waals surface area contributed by atoms with Crippen molar-refractivity contribution >= 4 is 7.85 Å². The lowest BCUT2D eigenvalue weighted by Gasteiger charge is -2.35. The highest BCUT2D eigenvalue weighted by Crippen LogP contribution is 2.59. The Bertz CT molecular complexity index is 252. The van der Waals surface area contributed by atoms with Crippen molar-refractivity contribution in [3.8, 4) is 0 Å². The van der Waals surface area contributed by atoms with Crippen molar-refractivity contribution < 1.29 is 4.74 Å². The lowest BCUT2D eigenvalue weighted by atomic mass is 9.73. The summed E-state index contributed by atoms with van der Waals surface area (Å²) in [5.74, 6) is 3.27. The third-order valence-corrected chi connectivity index (χ3v) is 5.23. The number of hydrogen-bond acceptors (Lipinski definition) is 1. The number of unbranched alkanes of at least 4 members (excludes halogenated alkanes) is 2. The molecule has 1 aliphatic carbocycles. The monoisotopic (exact) mass is 236 g/mol. The number of rotatable bonds is 5. The molecule has 0 aromatic carbocycles. The molecule has 2 rings (SSSR count). The lowest BCUT2D eigenvalue weighted by Crippen LogP contribution is -2.37. The second kappa shape index (κ2) is 4.95. The molecule has 17 heavy (non-hydrogen) atoms. The van der Waals surface area contributed by atoms with Gasteiger partial charge in [0.05, 0.1) is 5.60 Å². The van der Waals surface area contributed by atoms with Gasteiger partial charge in [0, 0.05) is 6.00 Å². The maximum atomic E-state index is 6.44. The summed E-state index contributed by atoms with van der Waals surface area (Å²) in [6.45, 7) is 9.52. The number of ether oxygens (including phenoxy) is 1. The van der Waals surface area contributed by atoms with Crippen molar-refractivity contribution in [3.05, 3.63) is 0 Å². The van der Waals surface area contributed by atoms with Crippen molar-refractivity contribution in [3.63, 3.8) is 0 Å². The molecule has 1 nitrogen and oxygen atoms in total. The van der Waals surface area contributed by atoms with Gasteiger partial charge >= 0.3 is 0 Å². The van der Waals surface area contributed by atoms with E-state index in [0.29, 0.717) is 6.00 Å². The molecule has 1 saturated carbocycles. The van der Waals surface area contributed by atoms with E-state index in [4.69, 9.17) is 4.74 Å². The van der Waals surface area contributed by atoms with Gasteiger partial charge in [-0.2, -0.15) is 0 Å². The molecule has 0 aromatic heterocycles. The van der Waals surface area contributed by atoms with Crippen molar-refractivity contribution in [1.82, 2.24) is 0 Å². The second-order valence-corrected chi connectivity index (χ2v) is 6.87. The van der Waals surface area contributed by atoms with Crippen molar-refractivity contribution in [2.45, 2.75) is 71.4 Å². The van der Waals surface area contributed by atoms with E-state index < -0.39 is 0 Å². The maximum absolute atomic E-state index is 6.44. The van der Waals surface area contributed by atoms with Crippen LogP contribution in [0.5, 0.6) is 0 Å². The smallest absolute Gasteiger partial charge is 0.139 e. The van der Waals surface area contributed by atoms with E-state index in [-0.39, 0.29) is 5.60 Å². The summed E-state index contributed by atoms with van der Waals surface area (Å²) in [7, 11) is 2.30. The Kier molecular flexibility index (Phi) is 3.92. The van der Waals surface area contributed by atoms with Crippen LogP contribution in [0.2, 0.25) is 0 Å². The Morgan fingerprint density at radius 2 is 2.06 bits per heavy atom. The van der Waals surface area contributed by atoms with E-state index >= 15 is 0 Å². The Labute approximate surface area is 108 Å². The molecule has 0 radical (unpaired) electrons. The summed E-state index contributed by atoms with van der Waals surface area (Å²) in [5.41, 5.74) is 0.243. The molecule has 0 amide bonds. The molecule has 1 saturated heterocycles. The molecule has 0 N–H and O–H groups in total. The summed E-state index contributed by atoms with van der Waals surface area (Å²) >= 11 is 0. The molecular weight excluding hydrogens is 207 g/mol. The van der Waals surface area contributed by atoms with Gasteiger partial charge in [0.2, 0.25) is 0 Å². The third-order valence-electron chi connectivity index (χ3n) is 5.23. The Hall–Kier alpha value is 0.0249. The molecule has 0 aromatic rings. The molecule has 5 unspecified atom stereocenters. The van der Waals surface area contributed by atoms with Crippen molar-refractivity contribution in [2.24, 2.45) is 23.7 Å². The predicted octanol–water partition coefficient (Wildman–Crippen LogP) is 3.22. The van der Waals surface area contributed by atoms with E-state index in [1.807, 2.05) is 0 Å². The SMILES string of the molecule is BC1OC2(CCCCC)CC(C)C1C2C(C)C. The fraction of sp³-hybridized carbons (Fsp3) is 1.00. The van der Waals surface area contributed by atoms with Crippen LogP contribution in [0.4, 0.5) is 0 Å². The molecule has 2 aliphatic rings. The zero-order valence-corrected chi connectivity index (χ0v) is 12.3. The van der Waals surface area contributed by atoms with Crippen LogP contribution in [0, 0.1) is 23.7 Å². The van der Waals surface area contributed by atoms with E-state index in [9.17, 15) is 0 Å². The van der Waals surface area contributed by atoms with Gasteiger partial charge in [-0.25, -0.2) is 0 Å². The zero-order chi connectivity index (χ0) is 12.6. The van der Waals surface area contributed by atoms with E-state index in [1.165, 1.54) is 32.1 Å². The topological polar surface area (TPSA) is 9.23 Å². The minimum atomic E-state index is 0.243. The number of fused-ring (bicyclic) bond motifs is 2. The van der Waals surface area contributed by atoms with Gasteiger partial charge in [-0.3, -0.25) is 0 Å². The van der Waals surface area contributed by atoms with Gasteiger partial charge in [-0.15, -0.1) is 0 Å². The first kappa shape index (κ1) is 13.5. The van der Waals surface area contributed by atoms with Crippen LogP contribution in [0.3, 0.4) is 0 Å². The summed E-state index contributed by atoms with van der Waals surface area (Å²) in [4.78, 5) is 0. The Morgan fingerprint density at radius 1 is 1.35 bits per heavy atom. The summed E-state index contributed by atoms with van der Waals surface area (Å²) in [6.07, 6.45) is 6.65. The van der Waals surface area contributed by atoms with Crippen molar-refractivity contribution in [1.29, 1.82) is 0 Å². The minimum absolute atomic E-state index is 0.243. The highest BCUT2D eigenvalue weighted by Gasteiger charge is 2.60. The molecule has 2 fully saturated rings. The van der Waals surface area contributed by atoms with Crippen LogP contribution >= 0.6 is 0 Å². The van der Waals surface area contributed by atoms with Gasteiger partial charge in [-0.1, -0.05) is 47.0 Å². The molecule has 2 heteroatoms. The quantitative estimate of drug-likeness (QED) is 0.526. The van der Waals surface area contributed by atoms with Crippen LogP contribution < -0.4 is 0 Å². The molecule has 98 valence electrons. The van der Waals surface area contributed by atoms with Crippen LogP contribution in [-0.4, -0.2) is 19.5 Å². The molecule has 1 aliphatic heterocycles. The average molecular weight is 236 g/mol. The van der Waals surface area contributed by atoms with Gasteiger partial charge in [-0.05, 0) is 36.5 Å². The molecule has 2 bridgehead atoms. The van der Waals surface area contributed by atoms with Crippen LogP contribution in [-0.2, 0) is 4.74 Å². The van der Waals surface area contributed by atoms with Crippen molar-refractivity contribution in [2.75, 3.05) is 0 Å². The number of hydrogen-bond donors (Lipinski definition) is 0. The fourth-order valence-electron chi connectivity index (χ4n) is 4.91. The Morgan fingerprint density at radius 3 is 2.59 bits per heavy atom. The van der Waals surface area contributed by atoms with Gasteiger partial charge in [0.15, 0.2) is 0 Å². The largest absolute Gasteiger partial charge is 0.380 e. The summed E-state index contributed by atoms with van der Waals surface area (Å²) in [5, 5.41) is 0. The molecule has 5 atom stereocenters. The normalized spacial score (nSPS) is 44.8. The summed E-state index contributed by atoms with van der Waals surface area (Å²) in [6, 6.07) is 0.493. The van der Waals surface area contributed by atoms with Gasteiger partial charge in [0.25, 0.3) is 0 Å². The van der Waals surface area contributed by atoms with Gasteiger partial charge in [0.1, 0.15) is 7.85 Å². The van der Waals surface area contributed by atoms with Crippen LogP contribution in [0.1, 0.15) is 59.8 Å². The average Bonchev–Trinajstić information content (AvgIpc) is 2.66. The first-order valence-electron chi connectivity index (χ1n) is 7.69. The Balaban J connectivity index is 2.12. The fourth-order valence-corrected chi connectivity index (χ4v) is 4.91. The standard InChI is InChI=1S/C15H29BO/c1-5-6-7-8-15-9-11(4)12(14(16)17-15)13(15)10(2)3/h10-14H,5-9,16H2,1-4H3. The molecular formula is C15H29BO. The summed E-state index contributed by atoms with van der Waals surface area (Å²) < 4.78 is 6.44. The lowest BCUT2D eigenvalue weighted by molar-refractivity contribution is -0.0707.